The monoisotopic (exact) mass is 213 g/mol. The fourth-order valence-electron chi connectivity index (χ4n) is 1.79. The van der Waals surface area contributed by atoms with E-state index in [0.717, 1.165) is 6.42 Å². The second kappa shape index (κ2) is 5.11. The van der Waals surface area contributed by atoms with E-state index in [-0.39, 0.29) is 6.04 Å². The summed E-state index contributed by atoms with van der Waals surface area (Å²) in [6.45, 7) is 5.75. The number of piperazine rings is 1. The maximum absolute atomic E-state index is 11.6. The Hall–Kier alpha value is -1.10. The van der Waals surface area contributed by atoms with Gasteiger partial charge in [-0.2, -0.15) is 0 Å². The van der Waals surface area contributed by atoms with E-state index in [1.807, 2.05) is 13.8 Å². The van der Waals surface area contributed by atoms with Gasteiger partial charge >= 0.3 is 11.8 Å². The number of nitrogens with two attached hydrogens (primary N) is 1. The van der Waals surface area contributed by atoms with Crippen molar-refractivity contribution in [1.29, 1.82) is 0 Å². The van der Waals surface area contributed by atoms with Gasteiger partial charge in [0.25, 0.3) is 0 Å². The van der Waals surface area contributed by atoms with Crippen LogP contribution in [0.4, 0.5) is 0 Å². The van der Waals surface area contributed by atoms with Crippen LogP contribution in [0.1, 0.15) is 20.3 Å². The standard InChI is InChI=1S/C10H19N3O2/c1-7(2)8-6-12-9(14)10(15)13(8)5-3-4-11/h7-8H,3-6,11H2,1-2H3,(H,12,14). The predicted molar refractivity (Wildman–Crippen MR) is 57.0 cm³/mol. The lowest BCUT2D eigenvalue weighted by Gasteiger charge is -2.37. The number of hydrogen-bond acceptors (Lipinski definition) is 3. The highest BCUT2D eigenvalue weighted by molar-refractivity contribution is 6.35. The van der Waals surface area contributed by atoms with E-state index in [2.05, 4.69) is 5.32 Å². The highest BCUT2D eigenvalue weighted by Gasteiger charge is 2.34. The van der Waals surface area contributed by atoms with Crippen LogP contribution in [0.3, 0.4) is 0 Å². The third-order valence-corrected chi connectivity index (χ3v) is 2.70. The molecule has 86 valence electrons. The van der Waals surface area contributed by atoms with Gasteiger partial charge in [-0.3, -0.25) is 9.59 Å². The largest absolute Gasteiger partial charge is 0.346 e. The van der Waals surface area contributed by atoms with Gasteiger partial charge in [0.05, 0.1) is 6.04 Å². The Morgan fingerprint density at radius 2 is 2.20 bits per heavy atom. The summed E-state index contributed by atoms with van der Waals surface area (Å²) in [6, 6.07) is 0.0988. The zero-order chi connectivity index (χ0) is 11.4. The van der Waals surface area contributed by atoms with E-state index < -0.39 is 11.8 Å². The normalized spacial score (nSPS) is 22.1. The lowest BCUT2D eigenvalue weighted by Crippen LogP contribution is -2.59. The molecule has 1 fully saturated rings. The van der Waals surface area contributed by atoms with Crippen molar-refractivity contribution in [2.45, 2.75) is 26.3 Å². The summed E-state index contributed by atoms with van der Waals surface area (Å²) in [6.07, 6.45) is 0.738. The first kappa shape index (κ1) is 12.0. The van der Waals surface area contributed by atoms with Crippen LogP contribution >= 0.6 is 0 Å². The fourth-order valence-corrected chi connectivity index (χ4v) is 1.79. The first-order chi connectivity index (χ1) is 7.07. The van der Waals surface area contributed by atoms with Crippen molar-refractivity contribution in [1.82, 2.24) is 10.2 Å². The Morgan fingerprint density at radius 3 is 2.73 bits per heavy atom. The lowest BCUT2D eigenvalue weighted by atomic mass is 10.00. The minimum Gasteiger partial charge on any atom is -0.346 e. The quantitative estimate of drug-likeness (QED) is 0.607. The van der Waals surface area contributed by atoms with E-state index in [0.29, 0.717) is 25.6 Å². The van der Waals surface area contributed by atoms with Crippen molar-refractivity contribution in [2.24, 2.45) is 11.7 Å². The van der Waals surface area contributed by atoms with E-state index in [1.165, 1.54) is 0 Å². The summed E-state index contributed by atoms with van der Waals surface area (Å²) in [7, 11) is 0. The van der Waals surface area contributed by atoms with Crippen molar-refractivity contribution in [3.8, 4) is 0 Å². The van der Waals surface area contributed by atoms with Crippen LogP contribution in [0.15, 0.2) is 0 Å². The second-order valence-electron chi connectivity index (χ2n) is 4.16. The summed E-state index contributed by atoms with van der Waals surface area (Å²) in [4.78, 5) is 24.5. The maximum atomic E-state index is 11.6. The van der Waals surface area contributed by atoms with Gasteiger partial charge < -0.3 is 16.0 Å². The van der Waals surface area contributed by atoms with Crippen LogP contribution in [0, 0.1) is 5.92 Å². The van der Waals surface area contributed by atoms with Gasteiger partial charge in [0.2, 0.25) is 0 Å². The molecule has 5 nitrogen and oxygen atoms in total. The highest BCUT2D eigenvalue weighted by Crippen LogP contribution is 2.14. The molecule has 0 radical (unpaired) electrons. The molecule has 1 aliphatic rings. The number of hydrogen-bond donors (Lipinski definition) is 2. The molecule has 2 amide bonds. The topological polar surface area (TPSA) is 75.4 Å². The number of carbonyl (C=O) groups excluding carboxylic acids is 2. The highest BCUT2D eigenvalue weighted by atomic mass is 16.2. The third-order valence-electron chi connectivity index (χ3n) is 2.70. The number of amides is 2. The molecule has 0 aromatic rings. The third kappa shape index (κ3) is 2.68. The molecule has 1 atom stereocenters. The molecule has 1 saturated heterocycles. The predicted octanol–water partition coefficient (Wildman–Crippen LogP) is -0.682. The summed E-state index contributed by atoms with van der Waals surface area (Å²) in [5.41, 5.74) is 5.41. The first-order valence-electron chi connectivity index (χ1n) is 5.36. The minimum absolute atomic E-state index is 0.0988. The average Bonchev–Trinajstić information content (AvgIpc) is 2.19. The molecule has 0 bridgehead atoms. The molecule has 0 aromatic carbocycles. The van der Waals surface area contributed by atoms with Gasteiger partial charge in [-0.05, 0) is 18.9 Å². The molecule has 5 heteroatoms. The molecular formula is C10H19N3O2. The van der Waals surface area contributed by atoms with Gasteiger partial charge in [0.1, 0.15) is 0 Å². The molecule has 1 heterocycles. The number of nitrogens with zero attached hydrogens (tertiary/aromatic N) is 1. The van der Waals surface area contributed by atoms with Crippen molar-refractivity contribution >= 4 is 11.8 Å². The van der Waals surface area contributed by atoms with Crippen molar-refractivity contribution < 1.29 is 9.59 Å². The Bertz CT molecular complexity index is 253. The number of nitrogens with one attached hydrogen (secondary N) is 1. The second-order valence-corrected chi connectivity index (χ2v) is 4.16. The molecule has 1 aliphatic heterocycles. The van der Waals surface area contributed by atoms with Crippen molar-refractivity contribution in [3.63, 3.8) is 0 Å². The zero-order valence-electron chi connectivity index (χ0n) is 9.32. The molecule has 0 aliphatic carbocycles. The van der Waals surface area contributed by atoms with Gasteiger partial charge in [0.15, 0.2) is 0 Å². The molecule has 3 N–H and O–H groups in total. The molecule has 1 rings (SSSR count). The Kier molecular flexibility index (Phi) is 4.08. The first-order valence-corrected chi connectivity index (χ1v) is 5.36. The van der Waals surface area contributed by atoms with E-state index >= 15 is 0 Å². The Morgan fingerprint density at radius 1 is 1.53 bits per heavy atom. The van der Waals surface area contributed by atoms with Crippen LogP contribution in [0.25, 0.3) is 0 Å². The summed E-state index contributed by atoms with van der Waals surface area (Å²) in [5.74, 6) is -0.579. The molecule has 0 spiro atoms. The summed E-state index contributed by atoms with van der Waals surface area (Å²) in [5, 5.41) is 2.61. The SMILES string of the molecule is CC(C)C1CNC(=O)C(=O)N1CCCN. The molecule has 15 heavy (non-hydrogen) atoms. The van der Waals surface area contributed by atoms with Crippen LogP contribution in [0.2, 0.25) is 0 Å². The van der Waals surface area contributed by atoms with Crippen LogP contribution in [-0.4, -0.2) is 42.4 Å². The molecular weight excluding hydrogens is 194 g/mol. The lowest BCUT2D eigenvalue weighted by molar-refractivity contribution is -0.151. The van der Waals surface area contributed by atoms with E-state index in [9.17, 15) is 9.59 Å². The molecule has 0 saturated carbocycles. The van der Waals surface area contributed by atoms with Crippen LogP contribution in [0.5, 0.6) is 0 Å². The molecule has 0 aromatic heterocycles. The fraction of sp³-hybridized carbons (Fsp3) is 0.800. The van der Waals surface area contributed by atoms with Crippen LogP contribution < -0.4 is 11.1 Å². The van der Waals surface area contributed by atoms with Crippen molar-refractivity contribution in [3.05, 3.63) is 0 Å². The van der Waals surface area contributed by atoms with Gasteiger partial charge in [-0.15, -0.1) is 0 Å². The average molecular weight is 213 g/mol. The Balaban J connectivity index is 2.70. The van der Waals surface area contributed by atoms with Crippen LogP contribution in [-0.2, 0) is 9.59 Å². The summed E-state index contributed by atoms with van der Waals surface area (Å²) < 4.78 is 0. The van der Waals surface area contributed by atoms with Gasteiger partial charge in [-0.25, -0.2) is 0 Å². The summed E-state index contributed by atoms with van der Waals surface area (Å²) >= 11 is 0. The van der Waals surface area contributed by atoms with Crippen molar-refractivity contribution in [2.75, 3.05) is 19.6 Å². The van der Waals surface area contributed by atoms with Gasteiger partial charge in [-0.1, -0.05) is 13.8 Å². The zero-order valence-corrected chi connectivity index (χ0v) is 9.32. The smallest absolute Gasteiger partial charge is 0.312 e. The number of rotatable bonds is 4. The number of carbonyl (C=O) groups is 2. The minimum atomic E-state index is -0.496. The Labute approximate surface area is 90.0 Å². The maximum Gasteiger partial charge on any atom is 0.312 e. The molecule has 1 unspecified atom stereocenters. The van der Waals surface area contributed by atoms with E-state index in [1.54, 1.807) is 4.90 Å². The van der Waals surface area contributed by atoms with Gasteiger partial charge in [0, 0.05) is 13.1 Å². The van der Waals surface area contributed by atoms with E-state index in [4.69, 9.17) is 5.73 Å².